The van der Waals surface area contributed by atoms with Gasteiger partial charge in [0, 0.05) is 0 Å². The van der Waals surface area contributed by atoms with Crippen molar-refractivity contribution in [2.45, 2.75) is 0 Å². The molecule has 0 aromatic heterocycles. The standard InChI is InChI=1S/C12H14Cl2S4Se4/c1-15-7-9(17-5-3-13)21-11(19-7)12-20-8(16-2)10(22-12)18-6-4-14/h3-6H2,1-2H3/b12-11+. The Morgan fingerprint density at radius 2 is 1.05 bits per heavy atom. The Hall–Kier alpha value is 3.28. The predicted octanol–water partition coefficient (Wildman–Crippen LogP) is 3.88. The maximum absolute atomic E-state index is 5.87. The van der Waals surface area contributed by atoms with Gasteiger partial charge in [-0.3, -0.25) is 0 Å². The van der Waals surface area contributed by atoms with Crippen LogP contribution in [0.2, 0.25) is 0 Å². The van der Waals surface area contributed by atoms with Crippen molar-refractivity contribution in [1.29, 1.82) is 0 Å². The van der Waals surface area contributed by atoms with Crippen molar-refractivity contribution in [1.82, 2.24) is 0 Å². The predicted molar refractivity (Wildman–Crippen MR) is 117 cm³/mol. The van der Waals surface area contributed by atoms with Crippen molar-refractivity contribution in [3.8, 4) is 0 Å². The average Bonchev–Trinajstić information content (AvgIpc) is 3.14. The SMILES string of the molecule is CSC1=C(SCCCl)[Se]/C(=C2\[Se]C(SC)=C(SCCCl)[Se]2)[Se]1. The molecule has 0 aromatic rings. The van der Waals surface area contributed by atoms with Gasteiger partial charge in [-0.2, -0.15) is 0 Å². The molecule has 2 heterocycles. The molecule has 0 radical (unpaired) electrons. The zero-order valence-corrected chi connectivity index (χ0v) is 23.5. The van der Waals surface area contributed by atoms with E-state index in [4.69, 9.17) is 23.2 Å². The monoisotopic (exact) mass is 676 g/mol. The zero-order valence-electron chi connectivity index (χ0n) is 11.9. The molecule has 10 heteroatoms. The number of hydrogen-bond donors (Lipinski definition) is 0. The molecule has 0 bridgehead atoms. The van der Waals surface area contributed by atoms with Gasteiger partial charge in [0.1, 0.15) is 0 Å². The van der Waals surface area contributed by atoms with Crippen molar-refractivity contribution in [3.05, 3.63) is 22.0 Å². The van der Waals surface area contributed by atoms with Crippen molar-refractivity contribution >= 4 is 130 Å². The second-order valence-electron chi connectivity index (χ2n) is 3.62. The summed E-state index contributed by atoms with van der Waals surface area (Å²) in [5.41, 5.74) is 0. The Morgan fingerprint density at radius 1 is 0.682 bits per heavy atom. The second kappa shape index (κ2) is 11.9. The van der Waals surface area contributed by atoms with E-state index in [1.54, 1.807) is 15.2 Å². The molecule has 0 amide bonds. The molecule has 0 spiro atoms. The maximum atomic E-state index is 5.87. The molecule has 0 aliphatic carbocycles. The van der Waals surface area contributed by atoms with Crippen LogP contribution >= 0.6 is 70.2 Å². The molecule has 0 fully saturated rings. The number of alkyl halides is 2. The normalized spacial score (nSPS) is 22.4. The summed E-state index contributed by atoms with van der Waals surface area (Å²) in [6.45, 7) is 0. The van der Waals surface area contributed by atoms with Gasteiger partial charge in [0.15, 0.2) is 0 Å². The quantitative estimate of drug-likeness (QED) is 0.284. The summed E-state index contributed by atoms with van der Waals surface area (Å²) in [6, 6.07) is 0. The van der Waals surface area contributed by atoms with E-state index in [1.807, 2.05) is 53.8 Å². The third kappa shape index (κ3) is 6.17. The molecule has 0 N–H and O–H groups in total. The van der Waals surface area contributed by atoms with Gasteiger partial charge in [-0.05, 0) is 0 Å². The van der Waals surface area contributed by atoms with Crippen LogP contribution in [0.4, 0.5) is 0 Å². The molecule has 22 heavy (non-hydrogen) atoms. The van der Waals surface area contributed by atoms with Crippen LogP contribution in [0.3, 0.4) is 0 Å². The first-order valence-corrected chi connectivity index (χ1v) is 18.5. The number of halogens is 2. The van der Waals surface area contributed by atoms with E-state index in [-0.39, 0.29) is 0 Å². The molecular formula is C12H14Cl2S4Se4. The van der Waals surface area contributed by atoms with Crippen LogP contribution in [0.15, 0.2) is 22.0 Å². The van der Waals surface area contributed by atoms with E-state index in [9.17, 15) is 0 Å². The molecule has 0 saturated heterocycles. The number of thioether (sulfide) groups is 4. The molecule has 124 valence electrons. The Kier molecular flexibility index (Phi) is 11.7. The second-order valence-corrected chi connectivity index (χ2v) is 21.7. The van der Waals surface area contributed by atoms with Gasteiger partial charge in [0.25, 0.3) is 0 Å². The van der Waals surface area contributed by atoms with Crippen LogP contribution in [0.1, 0.15) is 0 Å². The minimum absolute atomic E-state index is 0.587. The fourth-order valence-corrected chi connectivity index (χ4v) is 26.8. The van der Waals surface area contributed by atoms with Gasteiger partial charge in [-0.1, -0.05) is 0 Å². The van der Waals surface area contributed by atoms with Crippen LogP contribution in [-0.4, -0.2) is 95.6 Å². The van der Waals surface area contributed by atoms with Crippen molar-refractivity contribution in [3.63, 3.8) is 0 Å². The van der Waals surface area contributed by atoms with Crippen LogP contribution < -0.4 is 0 Å². The van der Waals surface area contributed by atoms with E-state index < -0.39 is 0 Å². The van der Waals surface area contributed by atoms with Crippen LogP contribution in [0.25, 0.3) is 0 Å². The van der Waals surface area contributed by atoms with E-state index in [0.29, 0.717) is 59.8 Å². The summed E-state index contributed by atoms with van der Waals surface area (Å²) < 4.78 is 10.4. The molecule has 2 aliphatic rings. The molecule has 0 atom stereocenters. The Morgan fingerprint density at radius 3 is 1.36 bits per heavy atom. The fourth-order valence-electron chi connectivity index (χ4n) is 1.40. The summed E-state index contributed by atoms with van der Waals surface area (Å²) in [6.07, 6.45) is 4.47. The van der Waals surface area contributed by atoms with Gasteiger partial charge in [0.2, 0.25) is 0 Å². The molecule has 0 nitrogen and oxygen atoms in total. The first kappa shape index (κ1) is 21.6. The van der Waals surface area contributed by atoms with E-state index >= 15 is 0 Å². The Balaban J connectivity index is 2.05. The average molecular weight is 673 g/mol. The summed E-state index contributed by atoms with van der Waals surface area (Å²) in [7, 11) is 0. The van der Waals surface area contributed by atoms with Crippen molar-refractivity contribution in [2.75, 3.05) is 35.8 Å². The van der Waals surface area contributed by atoms with Crippen LogP contribution in [0.5, 0.6) is 0 Å². The Bertz CT molecular complexity index is 463. The van der Waals surface area contributed by atoms with E-state index in [0.717, 1.165) is 23.3 Å². The molecule has 0 saturated carbocycles. The zero-order chi connectivity index (χ0) is 15.9. The van der Waals surface area contributed by atoms with E-state index in [1.165, 1.54) is 0 Å². The molecular weight excluding hydrogens is 659 g/mol. The first-order valence-electron chi connectivity index (χ1n) is 6.13. The summed E-state index contributed by atoms with van der Waals surface area (Å²) in [5, 5.41) is 0. The molecule has 0 aromatic carbocycles. The van der Waals surface area contributed by atoms with Gasteiger partial charge in [-0.15, -0.1) is 0 Å². The van der Waals surface area contributed by atoms with E-state index in [2.05, 4.69) is 12.5 Å². The first-order chi connectivity index (χ1) is 10.7. The summed E-state index contributed by atoms with van der Waals surface area (Å²) in [5.74, 6) is 3.64. The number of rotatable bonds is 8. The molecule has 2 aliphatic heterocycles. The molecule has 0 unspecified atom stereocenters. The third-order valence-corrected chi connectivity index (χ3v) is 26.8. The van der Waals surface area contributed by atoms with Crippen LogP contribution in [0, 0.1) is 0 Å². The van der Waals surface area contributed by atoms with Crippen LogP contribution in [-0.2, 0) is 0 Å². The topological polar surface area (TPSA) is 0 Å². The molecule has 2 rings (SSSR count). The number of hydrogen-bond acceptors (Lipinski definition) is 4. The third-order valence-electron chi connectivity index (χ3n) is 2.23. The van der Waals surface area contributed by atoms with Crippen molar-refractivity contribution in [2.24, 2.45) is 0 Å². The summed E-state index contributed by atoms with van der Waals surface area (Å²) >= 11 is 22.1. The summed E-state index contributed by atoms with van der Waals surface area (Å²) in [4.78, 5) is 0. The fraction of sp³-hybridized carbons (Fsp3) is 0.500. The van der Waals surface area contributed by atoms with Crippen molar-refractivity contribution < 1.29 is 0 Å². The minimum atomic E-state index is 0.587. The van der Waals surface area contributed by atoms with Gasteiger partial charge in [0.05, 0.1) is 0 Å². The van der Waals surface area contributed by atoms with Gasteiger partial charge >= 0.3 is 188 Å². The van der Waals surface area contributed by atoms with Gasteiger partial charge in [-0.25, -0.2) is 0 Å². The Labute approximate surface area is 185 Å². The van der Waals surface area contributed by atoms with Gasteiger partial charge < -0.3 is 0 Å².